The van der Waals surface area contributed by atoms with E-state index in [4.69, 9.17) is 17.4 Å². The summed E-state index contributed by atoms with van der Waals surface area (Å²) >= 11 is 7.72. The second-order valence-electron chi connectivity index (χ2n) is 4.64. The van der Waals surface area contributed by atoms with Crippen LogP contribution in [0.3, 0.4) is 0 Å². The number of anilines is 1. The molecule has 1 atom stereocenters. The van der Waals surface area contributed by atoms with Crippen LogP contribution in [-0.4, -0.2) is 28.4 Å². The summed E-state index contributed by atoms with van der Waals surface area (Å²) in [6.45, 7) is 0. The van der Waals surface area contributed by atoms with E-state index in [9.17, 15) is 14.9 Å². The van der Waals surface area contributed by atoms with Crippen molar-refractivity contribution in [1.82, 2.24) is 5.32 Å². The standard InChI is InChI=1S/C12H15ClN4O3S/c13-9-4-7(5-10(17(19)20)11(9)16-14)12(18)15-8-2-1-3-21-6-8/h4-5,8,16H,1-3,6,14H2,(H,15,18). The van der Waals surface area contributed by atoms with Crippen LogP contribution >= 0.6 is 23.4 Å². The molecule has 7 nitrogen and oxygen atoms in total. The molecule has 1 saturated heterocycles. The number of carbonyl (C=O) groups excluding carboxylic acids is 1. The number of hydrogen-bond donors (Lipinski definition) is 3. The summed E-state index contributed by atoms with van der Waals surface area (Å²) in [6, 6.07) is 2.63. The number of rotatable bonds is 4. The summed E-state index contributed by atoms with van der Waals surface area (Å²) in [5.74, 6) is 6.81. The highest BCUT2D eigenvalue weighted by Crippen LogP contribution is 2.33. The number of amides is 1. The molecule has 4 N–H and O–H groups in total. The molecular formula is C12H15ClN4O3S. The Balaban J connectivity index is 2.22. The molecule has 1 aliphatic rings. The quantitative estimate of drug-likeness (QED) is 0.443. The molecule has 1 amide bonds. The Kier molecular flexibility index (Phi) is 5.27. The lowest BCUT2D eigenvalue weighted by Gasteiger charge is -2.22. The first kappa shape index (κ1) is 15.9. The van der Waals surface area contributed by atoms with Crippen molar-refractivity contribution in [3.8, 4) is 0 Å². The lowest BCUT2D eigenvalue weighted by atomic mass is 10.1. The minimum absolute atomic E-state index is 0.00793. The number of hydrazine groups is 1. The van der Waals surface area contributed by atoms with Gasteiger partial charge in [-0.05, 0) is 24.7 Å². The van der Waals surface area contributed by atoms with Crippen molar-refractivity contribution in [3.63, 3.8) is 0 Å². The van der Waals surface area contributed by atoms with Crippen LogP contribution in [-0.2, 0) is 0 Å². The van der Waals surface area contributed by atoms with Crippen LogP contribution in [0.1, 0.15) is 23.2 Å². The van der Waals surface area contributed by atoms with Crippen molar-refractivity contribution in [3.05, 3.63) is 32.8 Å². The van der Waals surface area contributed by atoms with Gasteiger partial charge in [-0.15, -0.1) is 0 Å². The number of nitro groups is 1. The molecule has 1 aromatic carbocycles. The van der Waals surface area contributed by atoms with Gasteiger partial charge in [-0.1, -0.05) is 11.6 Å². The van der Waals surface area contributed by atoms with Gasteiger partial charge < -0.3 is 10.7 Å². The highest BCUT2D eigenvalue weighted by Gasteiger charge is 2.23. The van der Waals surface area contributed by atoms with Crippen molar-refractivity contribution >= 4 is 40.6 Å². The van der Waals surface area contributed by atoms with Gasteiger partial charge >= 0.3 is 0 Å². The molecule has 1 fully saturated rings. The van der Waals surface area contributed by atoms with Gasteiger partial charge in [-0.3, -0.25) is 20.8 Å². The number of benzene rings is 1. The van der Waals surface area contributed by atoms with Crippen LogP contribution in [0.4, 0.5) is 11.4 Å². The van der Waals surface area contributed by atoms with Gasteiger partial charge in [-0.2, -0.15) is 11.8 Å². The second-order valence-corrected chi connectivity index (χ2v) is 6.20. The molecule has 0 spiro atoms. The summed E-state index contributed by atoms with van der Waals surface area (Å²) < 4.78 is 0. The molecule has 0 saturated carbocycles. The average molecular weight is 331 g/mol. The van der Waals surface area contributed by atoms with Gasteiger partial charge in [0, 0.05) is 23.4 Å². The molecule has 1 aromatic rings. The Labute approximate surface area is 130 Å². The highest BCUT2D eigenvalue weighted by molar-refractivity contribution is 7.99. The van der Waals surface area contributed by atoms with Gasteiger partial charge in [-0.25, -0.2) is 0 Å². The predicted molar refractivity (Wildman–Crippen MR) is 83.7 cm³/mol. The molecule has 1 heterocycles. The van der Waals surface area contributed by atoms with Crippen molar-refractivity contribution in [2.45, 2.75) is 18.9 Å². The zero-order valence-corrected chi connectivity index (χ0v) is 12.7. The Hall–Kier alpha value is -1.51. The topological polar surface area (TPSA) is 110 Å². The maximum atomic E-state index is 12.2. The van der Waals surface area contributed by atoms with Crippen molar-refractivity contribution in [2.24, 2.45) is 5.84 Å². The minimum Gasteiger partial charge on any atom is -0.348 e. The molecule has 2 rings (SSSR count). The summed E-state index contributed by atoms with van der Waals surface area (Å²) in [6.07, 6.45) is 1.96. The molecular weight excluding hydrogens is 316 g/mol. The first-order valence-corrected chi connectivity index (χ1v) is 7.89. The zero-order valence-electron chi connectivity index (χ0n) is 11.1. The third-order valence-electron chi connectivity index (χ3n) is 3.17. The molecule has 114 valence electrons. The number of nitro benzene ring substituents is 1. The number of hydrogen-bond acceptors (Lipinski definition) is 6. The van der Waals surface area contributed by atoms with Crippen LogP contribution in [0.5, 0.6) is 0 Å². The van der Waals surface area contributed by atoms with Crippen molar-refractivity contribution in [1.29, 1.82) is 0 Å². The third-order valence-corrected chi connectivity index (χ3v) is 4.68. The highest BCUT2D eigenvalue weighted by atomic mass is 35.5. The van der Waals surface area contributed by atoms with E-state index in [0.717, 1.165) is 24.3 Å². The van der Waals surface area contributed by atoms with Gasteiger partial charge in [0.25, 0.3) is 11.6 Å². The van der Waals surface area contributed by atoms with Gasteiger partial charge in [0.1, 0.15) is 5.69 Å². The van der Waals surface area contributed by atoms with Crippen molar-refractivity contribution in [2.75, 3.05) is 16.9 Å². The largest absolute Gasteiger partial charge is 0.348 e. The molecule has 0 bridgehead atoms. The maximum Gasteiger partial charge on any atom is 0.295 e. The first-order valence-electron chi connectivity index (χ1n) is 6.36. The molecule has 1 unspecified atom stereocenters. The van der Waals surface area contributed by atoms with Crippen LogP contribution < -0.4 is 16.6 Å². The summed E-state index contributed by atoms with van der Waals surface area (Å²) in [5.41, 5.74) is 2.00. The normalized spacial score (nSPS) is 18.1. The lowest BCUT2D eigenvalue weighted by Crippen LogP contribution is -2.38. The number of thioether (sulfide) groups is 1. The molecule has 0 radical (unpaired) electrons. The van der Waals surface area contributed by atoms with E-state index in [-0.39, 0.29) is 33.9 Å². The van der Waals surface area contributed by atoms with Crippen LogP contribution in [0, 0.1) is 10.1 Å². The number of nitrogens with two attached hydrogens (primary N) is 1. The van der Waals surface area contributed by atoms with E-state index in [2.05, 4.69) is 10.7 Å². The Morgan fingerprint density at radius 1 is 1.52 bits per heavy atom. The SMILES string of the molecule is NNc1c(Cl)cc(C(=O)NC2CCCSC2)cc1[N+](=O)[O-]. The monoisotopic (exact) mass is 330 g/mol. The van der Waals surface area contributed by atoms with E-state index in [0.29, 0.717) is 0 Å². The number of nitrogen functional groups attached to an aromatic ring is 1. The molecule has 0 aromatic heterocycles. The van der Waals surface area contributed by atoms with Crippen LogP contribution in [0.2, 0.25) is 5.02 Å². The second kappa shape index (κ2) is 6.97. The minimum atomic E-state index is -0.631. The molecule has 9 heteroatoms. The summed E-state index contributed by atoms with van der Waals surface area (Å²) in [5, 5.41) is 13.9. The summed E-state index contributed by atoms with van der Waals surface area (Å²) in [7, 11) is 0. The van der Waals surface area contributed by atoms with Crippen LogP contribution in [0.15, 0.2) is 12.1 Å². The van der Waals surface area contributed by atoms with Crippen LogP contribution in [0.25, 0.3) is 0 Å². The predicted octanol–water partition coefficient (Wildman–Crippen LogP) is 2.16. The van der Waals surface area contributed by atoms with Gasteiger partial charge in [0.2, 0.25) is 0 Å². The third kappa shape index (κ3) is 3.78. The van der Waals surface area contributed by atoms with Gasteiger partial charge in [0.15, 0.2) is 0 Å². The number of nitrogens with one attached hydrogen (secondary N) is 2. The summed E-state index contributed by atoms with van der Waals surface area (Å²) in [4.78, 5) is 22.6. The fourth-order valence-corrected chi connectivity index (χ4v) is 3.47. The Morgan fingerprint density at radius 3 is 2.86 bits per heavy atom. The van der Waals surface area contributed by atoms with E-state index >= 15 is 0 Å². The van der Waals surface area contributed by atoms with E-state index in [1.54, 1.807) is 11.8 Å². The molecule has 21 heavy (non-hydrogen) atoms. The van der Waals surface area contributed by atoms with Crippen molar-refractivity contribution < 1.29 is 9.72 Å². The fraction of sp³-hybridized carbons (Fsp3) is 0.417. The smallest absolute Gasteiger partial charge is 0.295 e. The molecule has 0 aliphatic carbocycles. The number of carbonyl (C=O) groups is 1. The fourth-order valence-electron chi connectivity index (χ4n) is 2.13. The zero-order chi connectivity index (χ0) is 15.4. The van der Waals surface area contributed by atoms with E-state index in [1.165, 1.54) is 12.1 Å². The lowest BCUT2D eigenvalue weighted by molar-refractivity contribution is -0.384. The molecule has 1 aliphatic heterocycles. The first-order chi connectivity index (χ1) is 10.0. The Morgan fingerprint density at radius 2 is 2.29 bits per heavy atom. The number of nitrogens with zero attached hydrogens (tertiary/aromatic N) is 1. The maximum absolute atomic E-state index is 12.2. The number of halogens is 1. The van der Waals surface area contributed by atoms with E-state index < -0.39 is 4.92 Å². The van der Waals surface area contributed by atoms with Gasteiger partial charge in [0.05, 0.1) is 9.95 Å². The van der Waals surface area contributed by atoms with E-state index in [1.807, 2.05) is 0 Å². The average Bonchev–Trinajstić information content (AvgIpc) is 2.47. The Bertz CT molecular complexity index is 564.